The Kier molecular flexibility index (Phi) is 34.0. The number of amides is 4. The Morgan fingerprint density at radius 3 is 1.26 bits per heavy atom. The number of imidazole rings is 1. The van der Waals surface area contributed by atoms with Crippen LogP contribution < -0.4 is 51.5 Å². The molecule has 6 saturated heterocycles. The van der Waals surface area contributed by atoms with Gasteiger partial charge in [-0.15, -0.1) is 0 Å². The molecule has 14 heterocycles. The molecule has 16 rings (SSSR count). The van der Waals surface area contributed by atoms with E-state index in [1.807, 2.05) is 43.7 Å². The number of carbonyl (C=O) groups excluding carboxylic acids is 4. The quantitative estimate of drug-likeness (QED) is 0.0187. The predicted molar refractivity (Wildman–Crippen MR) is 500 cm³/mol. The Bertz CT molecular complexity index is 4830. The van der Waals surface area contributed by atoms with E-state index in [1.54, 1.807) is 4.52 Å². The molecule has 127 heavy (non-hydrogen) atoms. The second-order valence-corrected chi connectivity index (χ2v) is 35.6. The summed E-state index contributed by atoms with van der Waals surface area (Å²) in [6.45, 7) is 32.2. The first-order chi connectivity index (χ1) is 61.9. The Hall–Kier alpha value is -10.6. The van der Waals surface area contributed by atoms with Gasteiger partial charge in [-0.2, -0.15) is 48.8 Å². The second kappa shape index (κ2) is 45.9. The second-order valence-electron chi connectivity index (χ2n) is 35.6. The molecular formula is C93H140N26O8. The highest BCUT2D eigenvalue weighted by Gasteiger charge is 2.35. The number of aryl methyl sites for hydroxylation is 3. The van der Waals surface area contributed by atoms with Crippen molar-refractivity contribution in [2.45, 2.75) is 300 Å². The van der Waals surface area contributed by atoms with Crippen molar-refractivity contribution in [1.29, 1.82) is 0 Å². The van der Waals surface area contributed by atoms with Crippen molar-refractivity contribution >= 4 is 98.7 Å². The zero-order chi connectivity index (χ0) is 89.5. The Labute approximate surface area is 747 Å². The fourth-order valence-corrected chi connectivity index (χ4v) is 19.9. The zero-order valence-electron chi connectivity index (χ0n) is 75.7. The number of fused-ring (bicyclic) bond motifs is 4. The normalized spacial score (nSPS) is 22.9. The van der Waals surface area contributed by atoms with Gasteiger partial charge in [0.25, 0.3) is 0 Å². The number of likely N-dealkylation sites (tertiary alicyclic amines) is 2. The molecule has 6 aliphatic heterocycles. The molecule has 690 valence electrons. The lowest BCUT2D eigenvalue weighted by Gasteiger charge is -2.37. The number of anilines is 8. The zero-order valence-corrected chi connectivity index (χ0v) is 75.7. The lowest BCUT2D eigenvalue weighted by molar-refractivity contribution is -0.127. The van der Waals surface area contributed by atoms with E-state index in [9.17, 15) is 39.6 Å². The maximum absolute atomic E-state index is 12.1. The number of rotatable bonds is 30. The van der Waals surface area contributed by atoms with Crippen LogP contribution in [-0.4, -0.2) is 261 Å². The van der Waals surface area contributed by atoms with E-state index < -0.39 is 0 Å². The van der Waals surface area contributed by atoms with Crippen LogP contribution in [0.2, 0.25) is 0 Å². The van der Waals surface area contributed by atoms with Gasteiger partial charge in [0, 0.05) is 174 Å². The number of aromatic nitrogens is 14. The topological polar surface area (TPSA) is 388 Å². The molecule has 10 N–H and O–H groups in total. The lowest BCUT2D eigenvalue weighted by atomic mass is 9.91. The van der Waals surface area contributed by atoms with Gasteiger partial charge in [-0.05, 0) is 237 Å². The summed E-state index contributed by atoms with van der Waals surface area (Å²) in [6, 6.07) is 6.52. The minimum absolute atomic E-state index is 0.0143. The molecular weight excluding hydrogens is 1610 g/mol. The molecule has 34 heteroatoms. The van der Waals surface area contributed by atoms with Gasteiger partial charge < -0.3 is 86.3 Å². The maximum Gasteiger partial charge on any atom is 0.246 e. The number of nitrogens with one attached hydrogen (secondary N) is 6. The molecule has 0 radical (unpaired) electrons. The van der Waals surface area contributed by atoms with Crippen LogP contribution in [-0.2, 0) is 38.4 Å². The van der Waals surface area contributed by atoms with Gasteiger partial charge in [0.05, 0.1) is 24.9 Å². The van der Waals surface area contributed by atoms with Crippen LogP contribution in [0.4, 0.5) is 46.9 Å². The number of nitrogens with zero attached hydrogens (tertiary/aromatic N) is 20. The van der Waals surface area contributed by atoms with E-state index in [2.05, 4.69) is 149 Å². The van der Waals surface area contributed by atoms with E-state index in [4.69, 9.17) is 29.9 Å². The van der Waals surface area contributed by atoms with Crippen LogP contribution in [0.1, 0.15) is 237 Å². The Morgan fingerprint density at radius 1 is 0.425 bits per heavy atom. The summed E-state index contributed by atoms with van der Waals surface area (Å²) in [5.41, 5.74) is 7.53. The first kappa shape index (κ1) is 94.0. The van der Waals surface area contributed by atoms with Crippen LogP contribution >= 0.6 is 0 Å². The summed E-state index contributed by atoms with van der Waals surface area (Å²) < 4.78 is 7.67. The third-order valence-corrected chi connectivity index (χ3v) is 26.7. The van der Waals surface area contributed by atoms with Gasteiger partial charge in [-0.3, -0.25) is 19.2 Å². The highest BCUT2D eigenvalue weighted by molar-refractivity contribution is 5.89. The van der Waals surface area contributed by atoms with Gasteiger partial charge in [0.2, 0.25) is 41.5 Å². The molecule has 2 saturated carbocycles. The third-order valence-electron chi connectivity index (χ3n) is 26.7. The van der Waals surface area contributed by atoms with E-state index in [1.165, 1.54) is 43.6 Å². The lowest BCUT2D eigenvalue weighted by Crippen LogP contribution is -2.45. The molecule has 34 nitrogen and oxygen atoms in total. The molecule has 8 aliphatic rings. The van der Waals surface area contributed by atoms with Crippen molar-refractivity contribution in [1.82, 2.24) is 88.7 Å². The van der Waals surface area contributed by atoms with Crippen LogP contribution in [0, 0.1) is 0 Å². The van der Waals surface area contributed by atoms with Gasteiger partial charge in [0.1, 0.15) is 23.3 Å². The molecule has 0 aromatic carbocycles. The van der Waals surface area contributed by atoms with Crippen molar-refractivity contribution in [2.75, 3.05) is 120 Å². The minimum atomic E-state index is -0.122. The first-order valence-electron chi connectivity index (χ1n) is 47.4. The highest BCUT2D eigenvalue weighted by Crippen LogP contribution is 2.37. The summed E-state index contributed by atoms with van der Waals surface area (Å²) in [6.07, 6.45) is 43.6. The molecule has 10 atom stereocenters. The van der Waals surface area contributed by atoms with Crippen molar-refractivity contribution < 1.29 is 39.6 Å². The molecule has 8 fully saturated rings. The fourth-order valence-electron chi connectivity index (χ4n) is 19.9. The maximum atomic E-state index is 12.1. The largest absolute Gasteiger partial charge is 0.396 e. The molecule has 4 amide bonds. The van der Waals surface area contributed by atoms with Crippen molar-refractivity contribution in [3.05, 3.63) is 104 Å². The van der Waals surface area contributed by atoms with E-state index in [0.717, 1.165) is 293 Å². The van der Waals surface area contributed by atoms with E-state index >= 15 is 0 Å². The van der Waals surface area contributed by atoms with Crippen LogP contribution in [0.15, 0.2) is 87.7 Å². The number of hydrogen-bond acceptors (Lipinski definition) is 26. The third kappa shape index (κ3) is 23.5. The number of aliphatic hydroxyl groups is 4. The summed E-state index contributed by atoms with van der Waals surface area (Å²) in [5.74, 6) is 6.29. The van der Waals surface area contributed by atoms with Gasteiger partial charge in [0.15, 0.2) is 33.9 Å². The number of hydrogen-bond donors (Lipinski definition) is 10. The molecule has 0 bridgehead atoms. The van der Waals surface area contributed by atoms with E-state index in [0.29, 0.717) is 43.0 Å². The summed E-state index contributed by atoms with van der Waals surface area (Å²) in [4.78, 5) is 95.0. The Balaban J connectivity index is 0.000000145. The average Bonchev–Trinajstić information content (AvgIpc) is 1.69. The molecule has 6 unspecified atom stereocenters. The summed E-state index contributed by atoms with van der Waals surface area (Å²) in [5, 5.41) is 72.7. The van der Waals surface area contributed by atoms with Gasteiger partial charge >= 0.3 is 0 Å². The minimum Gasteiger partial charge on any atom is -0.396 e. The number of carbonyl (C=O) groups is 4. The smallest absolute Gasteiger partial charge is 0.246 e. The first-order valence-corrected chi connectivity index (χ1v) is 47.4. The number of aliphatic hydroxyl groups excluding tert-OH is 4. The van der Waals surface area contributed by atoms with Crippen LogP contribution in [0.5, 0.6) is 0 Å². The van der Waals surface area contributed by atoms with Gasteiger partial charge in [-0.25, -0.2) is 15.0 Å². The van der Waals surface area contributed by atoms with Crippen molar-refractivity contribution in [3.63, 3.8) is 0 Å². The fraction of sp³-hybridized carbons (Fsp3) is 0.634. The highest BCUT2D eigenvalue weighted by atomic mass is 16.3. The summed E-state index contributed by atoms with van der Waals surface area (Å²) in [7, 11) is 0. The van der Waals surface area contributed by atoms with Crippen LogP contribution in [0.25, 0.3) is 28.1 Å². The SMILES string of the molecule is C=CC(=O)N1CCCC(Nc2cc(N3CCCC[C@H]3CCO)nc3c(CC)cnn23)C1.C=CC(=O)N1CCCC(Nc2nc(N3CCCC[C@H]3CCO)nc3c(CC)cnn23)C1.C=CC(=O)NC1CCCC(Nc2cc(N3CCCC[C@H]3CCO)nc3c(CC)cnn23)C1.C=CC(=O)NC1CCCC(Nc2nc(N3CCCC[C@H]3CCO)nc3c2ncn3C(C)C)C1. The standard InChI is InChI=1S/C24H37N7O2.C24H36N6O2.C23H34N6O2.C22H33N7O2/c1-4-20(33)26-17-8-7-9-18(14-17)27-22-21-23(31(15-25-21)16(2)3)29-24(28-22)30-12-6-5-10-19(30)11-13-32;1-3-17-16-25-30-22(26-18-8-7-9-19(14-18)27-23(32)4-2)15-21(28-24(17)30)29-12-6-5-10-20(29)11-13-31;1-3-17-15-24-29-21(25-18-8-7-11-27(16-18)22(31)4-2)14-20(26-23(17)29)28-12-6-5-9-19(28)10-13-30;1-3-16-14-23-29-20(16)25-21(28-12-6-5-9-18(28)10-13-30)26-22(29)24-17-8-7-11-27(15-17)19(31)4-2/h4,15-19,32H,1,5-14H2,2-3H3,(H,26,33)(H,27,28,29);4,15-16,18-20,26,31H,2-3,5-14H2,1H3,(H,27,32);4,14-15,18-19,25,30H,2-3,5-13,16H2,1H3;4,14,17-18,30H,2-3,5-13,15H2,1H3,(H,24,25,26)/t17?,18?,19-;18?,19?,20-;18?,19-;17?,18-/m0000/s1. The van der Waals surface area contributed by atoms with Gasteiger partial charge in [-0.1, -0.05) is 47.1 Å². The van der Waals surface area contributed by atoms with Crippen LogP contribution in [0.3, 0.4) is 0 Å². The predicted octanol–water partition coefficient (Wildman–Crippen LogP) is 10.9. The molecule has 0 spiro atoms. The molecule has 2 aliphatic carbocycles. The summed E-state index contributed by atoms with van der Waals surface area (Å²) >= 11 is 0. The molecule has 8 aromatic heterocycles. The van der Waals surface area contributed by atoms with Crippen molar-refractivity contribution in [2.24, 2.45) is 0 Å². The van der Waals surface area contributed by atoms with E-state index in [-0.39, 0.29) is 104 Å². The monoisotopic (exact) mass is 1750 g/mol. The average molecular weight is 1750 g/mol. The Morgan fingerprint density at radius 2 is 0.819 bits per heavy atom. The number of piperidine rings is 6. The van der Waals surface area contributed by atoms with Crippen molar-refractivity contribution in [3.8, 4) is 0 Å². The molecule has 8 aromatic rings.